The third-order valence-electron chi connectivity index (χ3n) is 4.84. The van der Waals surface area contributed by atoms with E-state index in [1.54, 1.807) is 6.20 Å². The van der Waals surface area contributed by atoms with Gasteiger partial charge < -0.3 is 4.74 Å². The molecule has 0 aliphatic carbocycles. The first-order valence-corrected chi connectivity index (χ1v) is 12.1. The summed E-state index contributed by atoms with van der Waals surface area (Å²) in [7, 11) is -0.347. The van der Waals surface area contributed by atoms with Gasteiger partial charge in [0.05, 0.1) is 18.3 Å². The summed E-state index contributed by atoms with van der Waals surface area (Å²) in [5.74, 6) is 4.56. The Hall–Kier alpha value is -3.24. The van der Waals surface area contributed by atoms with E-state index in [9.17, 15) is 4.79 Å². The normalized spacial score (nSPS) is 14.7. The molecular formula is C24H24N4O2P+. The third-order valence-corrected chi connectivity index (χ3v) is 5.93. The number of fused-ring (bicyclic) bond motifs is 1. The second kappa shape index (κ2) is 10.2. The lowest BCUT2D eigenvalue weighted by Crippen LogP contribution is -2.32. The van der Waals surface area contributed by atoms with Crippen LogP contribution in [0.3, 0.4) is 0 Å². The number of aromatic nitrogens is 3. The van der Waals surface area contributed by atoms with Gasteiger partial charge in [0.25, 0.3) is 0 Å². The number of benzene rings is 1. The van der Waals surface area contributed by atoms with Crippen molar-refractivity contribution in [2.75, 3.05) is 6.66 Å². The minimum atomic E-state index is -0.347. The van der Waals surface area contributed by atoms with Crippen LogP contribution < -0.4 is 4.57 Å². The predicted molar refractivity (Wildman–Crippen MR) is 123 cm³/mol. The Morgan fingerprint density at radius 1 is 1.13 bits per heavy atom. The van der Waals surface area contributed by atoms with Crippen LogP contribution in [0.25, 0.3) is 17.3 Å². The lowest BCUT2D eigenvalue weighted by molar-refractivity contribution is -0.697. The first-order chi connectivity index (χ1) is 15.2. The Balaban J connectivity index is 1.29. The number of aliphatic imine (C=N–C) groups is 1. The number of carbonyl (C=O) groups excluding carboxylic acids is 1. The highest BCUT2D eigenvalue weighted by Gasteiger charge is 2.11. The monoisotopic (exact) mass is 431 g/mol. The number of carbonyl (C=O) groups is 1. The molecule has 0 fully saturated rings. The fourth-order valence-corrected chi connectivity index (χ4v) is 3.86. The Labute approximate surface area is 183 Å². The van der Waals surface area contributed by atoms with Crippen LogP contribution in [-0.4, -0.2) is 28.6 Å². The highest BCUT2D eigenvalue weighted by Crippen LogP contribution is 2.35. The SMILES string of the molecule is CP1C=Cc2nc(-c3cc[n+](CCCC(=O)OCc4ccccc4)cc3)cnc2N=C1. The molecule has 0 bridgehead atoms. The topological polar surface area (TPSA) is 68.3 Å². The molecule has 4 rings (SSSR count). The van der Waals surface area contributed by atoms with Gasteiger partial charge in [0.2, 0.25) is 0 Å². The van der Waals surface area contributed by atoms with E-state index in [1.807, 2.05) is 66.9 Å². The van der Waals surface area contributed by atoms with Crippen molar-refractivity contribution in [1.82, 2.24) is 9.97 Å². The lowest BCUT2D eigenvalue weighted by atomic mass is 10.2. The molecule has 0 amide bonds. The van der Waals surface area contributed by atoms with Gasteiger partial charge in [-0.2, -0.15) is 0 Å². The molecule has 1 unspecified atom stereocenters. The Kier molecular flexibility index (Phi) is 6.90. The van der Waals surface area contributed by atoms with Gasteiger partial charge in [-0.1, -0.05) is 36.1 Å². The van der Waals surface area contributed by atoms with Crippen LogP contribution in [-0.2, 0) is 22.7 Å². The van der Waals surface area contributed by atoms with Crippen LogP contribution in [0.5, 0.6) is 0 Å². The zero-order valence-corrected chi connectivity index (χ0v) is 18.3. The van der Waals surface area contributed by atoms with E-state index in [1.165, 1.54) is 0 Å². The second-order valence-electron chi connectivity index (χ2n) is 7.26. The molecule has 31 heavy (non-hydrogen) atoms. The summed E-state index contributed by atoms with van der Waals surface area (Å²) in [6.07, 6.45) is 8.87. The molecule has 3 aromatic rings. The molecule has 0 radical (unpaired) electrons. The number of aryl methyl sites for hydroxylation is 1. The minimum absolute atomic E-state index is 0.173. The average molecular weight is 431 g/mol. The van der Waals surface area contributed by atoms with Crippen molar-refractivity contribution in [1.29, 1.82) is 0 Å². The molecule has 1 aromatic carbocycles. The molecule has 2 aromatic heterocycles. The predicted octanol–water partition coefficient (Wildman–Crippen LogP) is 4.71. The highest BCUT2D eigenvalue weighted by atomic mass is 31.1. The van der Waals surface area contributed by atoms with Crippen LogP contribution in [0.15, 0.2) is 71.9 Å². The second-order valence-corrected chi connectivity index (χ2v) is 9.12. The summed E-state index contributed by atoms with van der Waals surface area (Å²) in [5, 5.41) is 0. The summed E-state index contributed by atoms with van der Waals surface area (Å²) in [6.45, 7) is 3.21. The van der Waals surface area contributed by atoms with E-state index >= 15 is 0 Å². The molecular weight excluding hydrogens is 407 g/mol. The smallest absolute Gasteiger partial charge is 0.306 e. The zero-order chi connectivity index (χ0) is 21.5. The maximum atomic E-state index is 11.9. The Morgan fingerprint density at radius 2 is 1.94 bits per heavy atom. The van der Waals surface area contributed by atoms with Gasteiger partial charge in [-0.15, -0.1) is 0 Å². The van der Waals surface area contributed by atoms with Crippen molar-refractivity contribution in [2.45, 2.75) is 26.0 Å². The number of nitrogens with zero attached hydrogens (tertiary/aromatic N) is 4. The lowest BCUT2D eigenvalue weighted by Gasteiger charge is -2.05. The third kappa shape index (κ3) is 5.89. The van der Waals surface area contributed by atoms with Crippen LogP contribution in [0.1, 0.15) is 24.1 Å². The maximum absolute atomic E-state index is 11.9. The molecule has 6 nitrogen and oxygen atoms in total. The van der Waals surface area contributed by atoms with Crippen molar-refractivity contribution < 1.29 is 14.1 Å². The van der Waals surface area contributed by atoms with E-state index in [4.69, 9.17) is 9.72 Å². The van der Waals surface area contributed by atoms with E-state index in [0.717, 1.165) is 35.5 Å². The van der Waals surface area contributed by atoms with Gasteiger partial charge in [-0.05, 0) is 26.2 Å². The summed E-state index contributed by atoms with van der Waals surface area (Å²) < 4.78 is 7.38. The number of esters is 1. The fraction of sp³-hybridized carbons (Fsp3) is 0.208. The summed E-state index contributed by atoms with van der Waals surface area (Å²) in [4.78, 5) is 25.5. The Bertz CT molecular complexity index is 1100. The first kappa shape index (κ1) is 21.0. The molecule has 1 aliphatic rings. The highest BCUT2D eigenvalue weighted by molar-refractivity contribution is 7.75. The van der Waals surface area contributed by atoms with Gasteiger partial charge in [0.1, 0.15) is 18.8 Å². The number of pyridine rings is 1. The summed E-state index contributed by atoms with van der Waals surface area (Å²) in [6, 6.07) is 13.7. The van der Waals surface area contributed by atoms with E-state index in [0.29, 0.717) is 18.8 Å². The first-order valence-electron chi connectivity index (χ1n) is 10.2. The largest absolute Gasteiger partial charge is 0.461 e. The number of rotatable bonds is 7. The molecule has 0 saturated heterocycles. The van der Waals surface area contributed by atoms with Gasteiger partial charge >= 0.3 is 5.97 Å². The molecule has 7 heteroatoms. The van der Waals surface area contributed by atoms with Crippen molar-refractivity contribution in [3.63, 3.8) is 0 Å². The van der Waals surface area contributed by atoms with E-state index in [-0.39, 0.29) is 13.9 Å². The van der Waals surface area contributed by atoms with E-state index < -0.39 is 0 Å². The average Bonchev–Trinajstić information content (AvgIpc) is 3.00. The standard InChI is InChI=1S/C24H24N4O2P/c1-31-15-11-21-24(26-18-31)25-16-22(27-21)20-9-13-28(14-10-20)12-5-8-23(29)30-17-19-6-3-2-4-7-19/h2-4,6-7,9-11,13-16,18H,5,8,12,17H2,1H3/q+1. The summed E-state index contributed by atoms with van der Waals surface area (Å²) >= 11 is 0. The molecule has 0 N–H and O–H groups in total. The number of ether oxygens (including phenoxy) is 1. The molecule has 0 spiro atoms. The van der Waals surface area contributed by atoms with Crippen LogP contribution in [0, 0.1) is 0 Å². The van der Waals surface area contributed by atoms with Crippen LogP contribution in [0.4, 0.5) is 5.82 Å². The Morgan fingerprint density at radius 3 is 2.74 bits per heavy atom. The van der Waals surface area contributed by atoms with Crippen molar-refractivity contribution in [3.05, 3.63) is 78.1 Å². The van der Waals surface area contributed by atoms with Crippen LogP contribution in [0.2, 0.25) is 0 Å². The molecule has 156 valence electrons. The quantitative estimate of drug-likeness (QED) is 0.309. The molecule has 0 saturated carbocycles. The number of hydrogen-bond acceptors (Lipinski definition) is 5. The summed E-state index contributed by atoms with van der Waals surface area (Å²) in [5.41, 5.74) is 3.61. The molecule has 3 heterocycles. The van der Waals surface area contributed by atoms with Gasteiger partial charge in [0, 0.05) is 30.1 Å². The minimum Gasteiger partial charge on any atom is -0.461 e. The maximum Gasteiger partial charge on any atom is 0.306 e. The van der Waals surface area contributed by atoms with Gasteiger partial charge in [-0.25, -0.2) is 19.5 Å². The van der Waals surface area contributed by atoms with E-state index in [2.05, 4.69) is 27.0 Å². The van der Waals surface area contributed by atoms with Crippen LogP contribution >= 0.6 is 7.92 Å². The van der Waals surface area contributed by atoms with Crippen molar-refractivity contribution in [3.8, 4) is 11.3 Å². The molecule has 1 atom stereocenters. The van der Waals surface area contributed by atoms with Crippen molar-refractivity contribution >= 4 is 31.7 Å². The molecule has 1 aliphatic heterocycles. The number of hydrogen-bond donors (Lipinski definition) is 0. The van der Waals surface area contributed by atoms with Gasteiger partial charge in [0.15, 0.2) is 18.2 Å². The zero-order valence-electron chi connectivity index (χ0n) is 17.4. The van der Waals surface area contributed by atoms with Crippen molar-refractivity contribution in [2.24, 2.45) is 4.99 Å². The fourth-order valence-electron chi connectivity index (χ4n) is 3.11. The van der Waals surface area contributed by atoms with Gasteiger partial charge in [-0.3, -0.25) is 4.79 Å².